The molecule has 0 saturated carbocycles. The van der Waals surface area contributed by atoms with Gasteiger partial charge in [-0.3, -0.25) is 10.1 Å². The van der Waals surface area contributed by atoms with Crippen LogP contribution in [0.2, 0.25) is 5.15 Å². The summed E-state index contributed by atoms with van der Waals surface area (Å²) >= 11 is 6.07. The first kappa shape index (κ1) is 15.8. The molecule has 0 unspecified atom stereocenters. The second kappa shape index (κ2) is 6.95. The lowest BCUT2D eigenvalue weighted by Gasteiger charge is -2.08. The second-order valence-electron chi connectivity index (χ2n) is 4.28. The normalized spacial score (nSPS) is 10.7. The maximum Gasteiger partial charge on any atom is 0.232 e. The van der Waals surface area contributed by atoms with E-state index in [9.17, 15) is 9.18 Å². The highest BCUT2D eigenvalue weighted by atomic mass is 35.5. The van der Waals surface area contributed by atoms with Gasteiger partial charge in [0.25, 0.3) is 0 Å². The molecule has 0 spiro atoms. The van der Waals surface area contributed by atoms with Crippen LogP contribution in [0.3, 0.4) is 0 Å². The number of nitrogens with one attached hydrogen (secondary N) is 2. The summed E-state index contributed by atoms with van der Waals surface area (Å²) in [5.74, 6) is -0.181. The van der Waals surface area contributed by atoms with E-state index in [0.29, 0.717) is 17.1 Å². The first-order valence-electron chi connectivity index (χ1n) is 6.32. The summed E-state index contributed by atoms with van der Waals surface area (Å²) in [4.78, 5) is 23.3. The molecule has 2 N–H and O–H groups in total. The Bertz CT molecular complexity index is 718. The number of aliphatic imine (C=N–C) groups is 1. The summed E-state index contributed by atoms with van der Waals surface area (Å²) < 4.78 is 12.9. The number of carbonyl (C=O) groups excluding carboxylic acids is 1. The fraction of sp³-hybridized carbons (Fsp3) is 0.143. The molecule has 0 radical (unpaired) electrons. The van der Waals surface area contributed by atoms with Crippen LogP contribution in [-0.4, -0.2) is 29.1 Å². The Morgan fingerprint density at radius 3 is 2.59 bits per heavy atom. The Balaban J connectivity index is 2.33. The molecule has 1 heterocycles. The highest BCUT2D eigenvalue weighted by Crippen LogP contribution is 2.31. The van der Waals surface area contributed by atoms with Crippen molar-refractivity contribution < 1.29 is 9.18 Å². The van der Waals surface area contributed by atoms with E-state index in [-0.39, 0.29) is 22.8 Å². The zero-order chi connectivity index (χ0) is 16.1. The molecule has 2 aromatic rings. The third-order valence-corrected chi connectivity index (χ3v) is 2.84. The van der Waals surface area contributed by atoms with Crippen molar-refractivity contribution in [3.8, 4) is 0 Å². The maximum absolute atomic E-state index is 12.9. The van der Waals surface area contributed by atoms with Gasteiger partial charge in [0.2, 0.25) is 11.9 Å². The highest BCUT2D eigenvalue weighted by Gasteiger charge is 2.12. The molecule has 0 aliphatic carbocycles. The third kappa shape index (κ3) is 3.98. The number of aromatic nitrogens is 2. The average molecular weight is 322 g/mol. The molecule has 2 rings (SSSR count). The van der Waals surface area contributed by atoms with Crippen molar-refractivity contribution in [3.63, 3.8) is 0 Å². The van der Waals surface area contributed by atoms with Gasteiger partial charge < -0.3 is 5.32 Å². The Labute approximate surface area is 131 Å². The molecule has 1 aromatic heterocycles. The Hall–Kier alpha value is -2.54. The number of benzene rings is 1. The molecule has 1 aromatic carbocycles. The predicted octanol–water partition coefficient (Wildman–Crippen LogP) is 3.02. The number of anilines is 2. The monoisotopic (exact) mass is 321 g/mol. The molecule has 0 aliphatic rings. The van der Waals surface area contributed by atoms with Crippen LogP contribution in [0.25, 0.3) is 0 Å². The van der Waals surface area contributed by atoms with Gasteiger partial charge in [-0.2, -0.15) is 9.97 Å². The van der Waals surface area contributed by atoms with E-state index < -0.39 is 0 Å². The van der Waals surface area contributed by atoms with Gasteiger partial charge in [-0.15, -0.1) is 0 Å². The molecular weight excluding hydrogens is 309 g/mol. The van der Waals surface area contributed by atoms with E-state index in [4.69, 9.17) is 11.6 Å². The summed E-state index contributed by atoms with van der Waals surface area (Å²) in [7, 11) is 1.65. The molecule has 6 nitrogen and oxygen atoms in total. The van der Waals surface area contributed by atoms with Crippen molar-refractivity contribution in [1.82, 2.24) is 9.97 Å². The Kier molecular flexibility index (Phi) is 5.00. The number of rotatable bonds is 4. The maximum atomic E-state index is 12.9. The first-order valence-corrected chi connectivity index (χ1v) is 6.70. The van der Waals surface area contributed by atoms with Crippen LogP contribution < -0.4 is 10.6 Å². The smallest absolute Gasteiger partial charge is 0.232 e. The molecule has 0 bridgehead atoms. The van der Waals surface area contributed by atoms with Crippen molar-refractivity contribution >= 4 is 41.2 Å². The summed E-state index contributed by atoms with van der Waals surface area (Å²) in [6.07, 6.45) is 1.52. The lowest BCUT2D eigenvalue weighted by molar-refractivity contribution is -0.114. The Morgan fingerprint density at radius 1 is 1.32 bits per heavy atom. The van der Waals surface area contributed by atoms with E-state index in [2.05, 4.69) is 25.6 Å². The molecule has 22 heavy (non-hydrogen) atoms. The van der Waals surface area contributed by atoms with E-state index in [1.54, 1.807) is 19.2 Å². The van der Waals surface area contributed by atoms with Crippen LogP contribution in [-0.2, 0) is 4.79 Å². The van der Waals surface area contributed by atoms with Crippen LogP contribution in [0.5, 0.6) is 0 Å². The first-order chi connectivity index (χ1) is 10.5. The van der Waals surface area contributed by atoms with Gasteiger partial charge in [-0.25, -0.2) is 9.38 Å². The van der Waals surface area contributed by atoms with Gasteiger partial charge in [0.1, 0.15) is 11.5 Å². The number of hydrogen-bond donors (Lipinski definition) is 2. The second-order valence-corrected chi connectivity index (χ2v) is 4.63. The van der Waals surface area contributed by atoms with Crippen molar-refractivity contribution in [2.75, 3.05) is 17.7 Å². The largest absolute Gasteiger partial charge is 0.371 e. The van der Waals surface area contributed by atoms with Gasteiger partial charge >= 0.3 is 0 Å². The van der Waals surface area contributed by atoms with Crippen molar-refractivity contribution in [3.05, 3.63) is 40.8 Å². The minimum atomic E-state index is -0.325. The summed E-state index contributed by atoms with van der Waals surface area (Å²) in [6.45, 7) is 1.34. The molecule has 114 valence electrons. The molecule has 0 atom stereocenters. The number of halogens is 2. The Morgan fingerprint density at radius 2 is 2.00 bits per heavy atom. The van der Waals surface area contributed by atoms with Crippen molar-refractivity contribution in [2.24, 2.45) is 4.99 Å². The van der Waals surface area contributed by atoms with Gasteiger partial charge in [0.15, 0.2) is 11.0 Å². The average Bonchev–Trinajstić information content (AvgIpc) is 2.46. The van der Waals surface area contributed by atoms with Crippen molar-refractivity contribution in [2.45, 2.75) is 6.92 Å². The summed E-state index contributed by atoms with van der Waals surface area (Å²) in [5.41, 5.74) is 1.02. The summed E-state index contributed by atoms with van der Waals surface area (Å²) in [5, 5.41) is 5.37. The zero-order valence-corrected chi connectivity index (χ0v) is 12.6. The fourth-order valence-corrected chi connectivity index (χ4v) is 1.84. The number of amides is 1. The standard InChI is InChI=1S/C14H13ClFN5O/c1-8(22)19-14-20-12(15)11(13(17-2)21-14)18-7-9-3-5-10(16)6-4-9/h3-7H,1-2H3,(H2,17,19,20,21,22). The molecule has 1 amide bonds. The molecule has 8 heteroatoms. The lowest BCUT2D eigenvalue weighted by Crippen LogP contribution is -2.10. The van der Waals surface area contributed by atoms with Gasteiger partial charge in [-0.1, -0.05) is 23.7 Å². The lowest BCUT2D eigenvalue weighted by atomic mass is 10.2. The minimum Gasteiger partial charge on any atom is -0.371 e. The SMILES string of the molecule is CNc1nc(NC(C)=O)nc(Cl)c1N=Cc1ccc(F)cc1. The van der Waals surface area contributed by atoms with E-state index in [1.807, 2.05) is 0 Å². The zero-order valence-electron chi connectivity index (χ0n) is 11.9. The van der Waals surface area contributed by atoms with E-state index in [1.165, 1.54) is 25.3 Å². The number of hydrogen-bond acceptors (Lipinski definition) is 5. The summed E-state index contributed by atoms with van der Waals surface area (Å²) in [6, 6.07) is 5.83. The predicted molar refractivity (Wildman–Crippen MR) is 84.5 cm³/mol. The number of carbonyl (C=O) groups is 1. The van der Waals surface area contributed by atoms with Gasteiger partial charge in [0, 0.05) is 20.2 Å². The van der Waals surface area contributed by atoms with Crippen LogP contribution in [0.1, 0.15) is 12.5 Å². The van der Waals surface area contributed by atoms with Crippen LogP contribution >= 0.6 is 11.6 Å². The molecule has 0 aliphatic heterocycles. The fourth-order valence-electron chi connectivity index (χ4n) is 1.62. The van der Waals surface area contributed by atoms with Crippen LogP contribution in [0.4, 0.5) is 21.8 Å². The number of nitrogens with zero attached hydrogens (tertiary/aromatic N) is 3. The van der Waals surface area contributed by atoms with E-state index >= 15 is 0 Å². The van der Waals surface area contributed by atoms with Gasteiger partial charge in [0.05, 0.1) is 0 Å². The topological polar surface area (TPSA) is 79.3 Å². The molecule has 0 saturated heterocycles. The third-order valence-electron chi connectivity index (χ3n) is 2.58. The van der Waals surface area contributed by atoms with Crippen LogP contribution in [0, 0.1) is 5.82 Å². The molecular formula is C14H13ClFN5O. The van der Waals surface area contributed by atoms with E-state index in [0.717, 1.165) is 0 Å². The highest BCUT2D eigenvalue weighted by molar-refractivity contribution is 6.32. The van der Waals surface area contributed by atoms with Gasteiger partial charge in [-0.05, 0) is 17.7 Å². The minimum absolute atomic E-state index is 0.0847. The van der Waals surface area contributed by atoms with Crippen molar-refractivity contribution in [1.29, 1.82) is 0 Å². The van der Waals surface area contributed by atoms with Crippen LogP contribution in [0.15, 0.2) is 29.3 Å². The molecule has 0 fully saturated rings. The quantitative estimate of drug-likeness (QED) is 0.670.